The summed E-state index contributed by atoms with van der Waals surface area (Å²) in [6, 6.07) is 5.95. The molecule has 2 nitrogen and oxygen atoms in total. The van der Waals surface area contributed by atoms with Crippen molar-refractivity contribution in [2.45, 2.75) is 9.79 Å². The van der Waals surface area contributed by atoms with E-state index >= 15 is 0 Å². The summed E-state index contributed by atoms with van der Waals surface area (Å²) in [7, 11) is 1.48. The van der Waals surface area contributed by atoms with E-state index in [1.807, 2.05) is 0 Å². The fourth-order valence-corrected chi connectivity index (χ4v) is 1.53. The van der Waals surface area contributed by atoms with Crippen molar-refractivity contribution in [1.82, 2.24) is 0 Å². The second kappa shape index (κ2) is 4.88. The first-order valence-electron chi connectivity index (χ1n) is 2.74. The zero-order chi connectivity index (χ0) is 8.48. The van der Waals surface area contributed by atoms with Crippen molar-refractivity contribution in [3.8, 4) is 0 Å². The Morgan fingerprint density at radius 3 is 2.00 bits per heavy atom. The van der Waals surface area contributed by atoms with E-state index in [1.165, 1.54) is 12.1 Å². The molecule has 62 valence electrons. The molecular weight excluding hydrogens is 227 g/mol. The Hall–Kier alpha value is 0.810. The molecule has 0 atom stereocenters. The average molecular weight is 233 g/mol. The van der Waals surface area contributed by atoms with Crippen LogP contribution in [-0.4, -0.2) is 8.42 Å². The summed E-state index contributed by atoms with van der Waals surface area (Å²) >= 11 is 3.99. The Morgan fingerprint density at radius 1 is 1.25 bits per heavy atom. The van der Waals surface area contributed by atoms with Gasteiger partial charge >= 0.3 is 29.6 Å². The van der Waals surface area contributed by atoms with Crippen LogP contribution in [0.15, 0.2) is 34.1 Å². The molecule has 0 spiro atoms. The molecule has 0 amide bonds. The predicted octanol–water partition coefficient (Wildman–Crippen LogP) is -0.981. The quantitative estimate of drug-likeness (QED) is 0.384. The molecule has 12 heavy (non-hydrogen) atoms. The van der Waals surface area contributed by atoms with Gasteiger partial charge in [0.05, 0.1) is 4.90 Å². The maximum atomic E-state index is 10.7. The summed E-state index contributed by atoms with van der Waals surface area (Å²) in [4.78, 5) is 0.797. The van der Waals surface area contributed by atoms with Crippen molar-refractivity contribution in [2.75, 3.05) is 0 Å². The molecule has 0 fully saturated rings. The second-order valence-electron chi connectivity index (χ2n) is 1.93. The van der Waals surface area contributed by atoms with E-state index in [0.29, 0.717) is 4.90 Å². The molecule has 0 bridgehead atoms. The molecule has 1 aromatic rings. The molecule has 0 N–H and O–H groups in total. The van der Waals surface area contributed by atoms with Crippen LogP contribution in [0.5, 0.6) is 0 Å². The number of rotatable bonds is 1. The zero-order valence-corrected chi connectivity index (χ0v) is 10.8. The predicted molar refractivity (Wildman–Crippen MR) is 47.8 cm³/mol. The van der Waals surface area contributed by atoms with Crippen LogP contribution < -0.4 is 29.6 Å². The van der Waals surface area contributed by atoms with Crippen LogP contribution in [0.2, 0.25) is 0 Å². The van der Waals surface area contributed by atoms with Gasteiger partial charge in [0.25, 0.3) is 9.05 Å². The van der Waals surface area contributed by atoms with Gasteiger partial charge in [-0.15, -0.1) is 12.6 Å². The van der Waals surface area contributed by atoms with Gasteiger partial charge in [0.2, 0.25) is 0 Å². The van der Waals surface area contributed by atoms with E-state index in [1.54, 1.807) is 12.1 Å². The van der Waals surface area contributed by atoms with Crippen molar-refractivity contribution in [3.63, 3.8) is 0 Å². The van der Waals surface area contributed by atoms with Gasteiger partial charge in [0, 0.05) is 15.6 Å². The molecule has 0 radical (unpaired) electrons. The molecule has 0 saturated carbocycles. The summed E-state index contributed by atoms with van der Waals surface area (Å²) < 4.78 is 21.4. The largest absolute Gasteiger partial charge is 1.00 e. The van der Waals surface area contributed by atoms with Crippen molar-refractivity contribution < 1.29 is 39.4 Å². The van der Waals surface area contributed by atoms with Gasteiger partial charge in [-0.25, -0.2) is 8.42 Å². The maximum absolute atomic E-state index is 10.7. The first-order valence-corrected chi connectivity index (χ1v) is 5.49. The molecule has 0 aliphatic heterocycles. The Balaban J connectivity index is 0. The van der Waals surface area contributed by atoms with E-state index in [2.05, 4.69) is 12.6 Å². The minimum atomic E-state index is -3.58. The molecule has 1 aromatic carbocycles. The van der Waals surface area contributed by atoms with E-state index < -0.39 is 9.05 Å². The van der Waals surface area contributed by atoms with Crippen LogP contribution in [0.1, 0.15) is 1.43 Å². The molecule has 0 heterocycles. The number of halogens is 1. The van der Waals surface area contributed by atoms with Gasteiger partial charge in [-0.05, 0) is 24.3 Å². The van der Waals surface area contributed by atoms with Gasteiger partial charge in [-0.1, -0.05) is 0 Å². The minimum Gasteiger partial charge on any atom is -1.00 e. The summed E-state index contributed by atoms with van der Waals surface area (Å²) in [5.41, 5.74) is 0. The normalized spacial score (nSPS) is 10.5. The second-order valence-corrected chi connectivity index (χ2v) is 5.01. The van der Waals surface area contributed by atoms with Gasteiger partial charge in [0.15, 0.2) is 0 Å². The van der Waals surface area contributed by atoms with Crippen molar-refractivity contribution in [2.24, 2.45) is 0 Å². The molecule has 0 saturated heterocycles. The molecule has 0 aliphatic carbocycles. The number of benzene rings is 1. The Bertz CT molecular complexity index is 351. The number of hydrogen-bond donors (Lipinski definition) is 1. The van der Waals surface area contributed by atoms with Gasteiger partial charge in [-0.2, -0.15) is 0 Å². The first kappa shape index (κ1) is 12.8. The van der Waals surface area contributed by atoms with E-state index in [9.17, 15) is 8.42 Å². The molecule has 0 aromatic heterocycles. The van der Waals surface area contributed by atoms with Crippen molar-refractivity contribution in [3.05, 3.63) is 24.3 Å². The monoisotopic (exact) mass is 232 g/mol. The van der Waals surface area contributed by atoms with Gasteiger partial charge < -0.3 is 1.43 Å². The summed E-state index contributed by atoms with van der Waals surface area (Å²) in [6.07, 6.45) is 0. The van der Waals surface area contributed by atoms with E-state index in [-0.39, 0.29) is 35.9 Å². The maximum Gasteiger partial charge on any atom is 1.00 e. The Labute approximate surface area is 105 Å². The van der Waals surface area contributed by atoms with Gasteiger partial charge in [0.1, 0.15) is 0 Å². The SMILES string of the molecule is O=S(=O)(Cl)c1ccc(S)cc1.[H-].[Na+]. The molecule has 1 rings (SSSR count). The van der Waals surface area contributed by atoms with Crippen molar-refractivity contribution >= 4 is 32.4 Å². The Morgan fingerprint density at radius 2 is 1.67 bits per heavy atom. The molecule has 0 aliphatic rings. The summed E-state index contributed by atoms with van der Waals surface area (Å²) in [5.74, 6) is 0. The zero-order valence-electron chi connectivity index (χ0n) is 7.36. The third-order valence-electron chi connectivity index (χ3n) is 1.12. The molecular formula is C6H6ClNaO2S2. The van der Waals surface area contributed by atoms with Crippen LogP contribution >= 0.6 is 23.3 Å². The van der Waals surface area contributed by atoms with Crippen LogP contribution in [0, 0.1) is 0 Å². The molecule has 6 heteroatoms. The Kier molecular flexibility index (Phi) is 5.21. The third kappa shape index (κ3) is 3.68. The van der Waals surface area contributed by atoms with Crippen LogP contribution in [0.4, 0.5) is 0 Å². The van der Waals surface area contributed by atoms with Crippen molar-refractivity contribution in [1.29, 1.82) is 0 Å². The average Bonchev–Trinajstić information content (AvgIpc) is 1.86. The third-order valence-corrected chi connectivity index (χ3v) is 2.79. The minimum absolute atomic E-state index is 0. The fourth-order valence-electron chi connectivity index (χ4n) is 0.609. The smallest absolute Gasteiger partial charge is 1.00 e. The van der Waals surface area contributed by atoms with Crippen LogP contribution in [0.25, 0.3) is 0 Å². The van der Waals surface area contributed by atoms with Crippen LogP contribution in [0.3, 0.4) is 0 Å². The first-order chi connectivity index (χ1) is 5.00. The van der Waals surface area contributed by atoms with Crippen LogP contribution in [-0.2, 0) is 9.05 Å². The van der Waals surface area contributed by atoms with E-state index in [0.717, 1.165) is 0 Å². The number of thiol groups is 1. The molecule has 0 unspecified atom stereocenters. The number of hydrogen-bond acceptors (Lipinski definition) is 3. The summed E-state index contributed by atoms with van der Waals surface area (Å²) in [6.45, 7) is 0. The standard InChI is InChI=1S/C6H5ClO2S2.Na.H/c7-11(8,9)6-3-1-5(10)2-4-6;;/h1-4,10H;;/q;+1;-1. The van der Waals surface area contributed by atoms with E-state index in [4.69, 9.17) is 10.7 Å². The summed E-state index contributed by atoms with van der Waals surface area (Å²) in [5, 5.41) is 0. The topological polar surface area (TPSA) is 34.1 Å². The fraction of sp³-hybridized carbons (Fsp3) is 0. The van der Waals surface area contributed by atoms with Gasteiger partial charge in [-0.3, -0.25) is 0 Å².